The molecule has 8 nitrogen and oxygen atoms in total. The minimum Gasteiger partial charge on any atom is -0.497 e. The molecule has 0 aliphatic heterocycles. The maximum Gasteiger partial charge on any atom is 0.264 e. The summed E-state index contributed by atoms with van der Waals surface area (Å²) in [7, 11) is -1.22. The Hall–Kier alpha value is -4.34. The average molecular weight is 620 g/mol. The molecule has 0 spiro atoms. The molecule has 1 atom stereocenters. The fourth-order valence-electron chi connectivity index (χ4n) is 4.74. The second-order valence-electron chi connectivity index (χ2n) is 9.99. The molecule has 10 heteroatoms. The van der Waals surface area contributed by atoms with Crippen molar-refractivity contribution in [2.45, 2.75) is 30.8 Å². The molecule has 0 aliphatic carbocycles. The Morgan fingerprint density at radius 1 is 0.884 bits per heavy atom. The number of methoxy groups -OCH3 is 1. The number of halogens is 1. The second-order valence-corrected chi connectivity index (χ2v) is 12.3. The number of amides is 2. The van der Waals surface area contributed by atoms with Gasteiger partial charge in [0.25, 0.3) is 10.0 Å². The van der Waals surface area contributed by atoms with Crippen LogP contribution in [0.4, 0.5) is 5.69 Å². The van der Waals surface area contributed by atoms with Gasteiger partial charge >= 0.3 is 0 Å². The van der Waals surface area contributed by atoms with Crippen LogP contribution in [0.25, 0.3) is 0 Å². The van der Waals surface area contributed by atoms with Crippen LogP contribution in [0.15, 0.2) is 108 Å². The molecule has 43 heavy (non-hydrogen) atoms. The molecular weight excluding hydrogens is 586 g/mol. The summed E-state index contributed by atoms with van der Waals surface area (Å²) in [5.74, 6) is -0.411. The summed E-state index contributed by atoms with van der Waals surface area (Å²) in [5, 5.41) is 3.10. The number of ether oxygens (including phenoxy) is 1. The third-order valence-corrected chi connectivity index (χ3v) is 9.03. The lowest BCUT2D eigenvalue weighted by Crippen LogP contribution is -2.53. The topological polar surface area (TPSA) is 96.0 Å². The molecule has 0 saturated carbocycles. The van der Waals surface area contributed by atoms with E-state index in [4.69, 9.17) is 16.3 Å². The van der Waals surface area contributed by atoms with Crippen LogP contribution in [0.2, 0.25) is 5.02 Å². The number of benzene rings is 4. The van der Waals surface area contributed by atoms with Gasteiger partial charge in [0.1, 0.15) is 18.3 Å². The van der Waals surface area contributed by atoms with E-state index in [1.807, 2.05) is 61.5 Å². The van der Waals surface area contributed by atoms with E-state index in [2.05, 4.69) is 5.32 Å². The van der Waals surface area contributed by atoms with Crippen LogP contribution >= 0.6 is 11.6 Å². The van der Waals surface area contributed by atoms with E-state index in [9.17, 15) is 18.0 Å². The van der Waals surface area contributed by atoms with Crippen LogP contribution in [0, 0.1) is 6.92 Å². The first-order valence-electron chi connectivity index (χ1n) is 13.6. The summed E-state index contributed by atoms with van der Waals surface area (Å²) in [5.41, 5.74) is 2.92. The molecule has 1 N–H and O–H groups in total. The first-order valence-corrected chi connectivity index (χ1v) is 15.5. The minimum atomic E-state index is -4.22. The van der Waals surface area contributed by atoms with Crippen molar-refractivity contribution in [3.63, 3.8) is 0 Å². The SMILES string of the molecule is CNC(=O)[C@@H](Cc1ccccc1)N(Cc1cccc(C)c1)C(=O)CN(c1ccc(Cl)cc1)S(=O)(=O)c1ccc(OC)cc1. The molecule has 4 aromatic rings. The molecular formula is C33H34ClN3O5S. The number of nitrogens with zero attached hydrogens (tertiary/aromatic N) is 2. The average Bonchev–Trinajstić information content (AvgIpc) is 3.02. The van der Waals surface area contributed by atoms with Gasteiger partial charge in [-0.05, 0) is 66.6 Å². The number of likely N-dealkylation sites (N-methyl/N-ethyl adjacent to an activating group) is 1. The molecule has 0 unspecified atom stereocenters. The zero-order chi connectivity index (χ0) is 31.0. The van der Waals surface area contributed by atoms with E-state index in [0.717, 1.165) is 21.0 Å². The van der Waals surface area contributed by atoms with Gasteiger partial charge in [-0.3, -0.25) is 13.9 Å². The van der Waals surface area contributed by atoms with Crippen molar-refractivity contribution in [2.24, 2.45) is 0 Å². The third-order valence-electron chi connectivity index (χ3n) is 6.99. The van der Waals surface area contributed by atoms with Crippen molar-refractivity contribution in [1.82, 2.24) is 10.2 Å². The molecule has 4 rings (SSSR count). The van der Waals surface area contributed by atoms with E-state index >= 15 is 0 Å². The van der Waals surface area contributed by atoms with Crippen LogP contribution in [-0.2, 0) is 32.6 Å². The third kappa shape index (κ3) is 7.94. The number of aryl methyl sites for hydroxylation is 1. The zero-order valence-electron chi connectivity index (χ0n) is 24.2. The quantitative estimate of drug-likeness (QED) is 0.234. The number of nitrogens with one attached hydrogen (secondary N) is 1. The maximum absolute atomic E-state index is 14.3. The Morgan fingerprint density at radius 3 is 2.14 bits per heavy atom. The first-order chi connectivity index (χ1) is 20.6. The van der Waals surface area contributed by atoms with E-state index < -0.39 is 28.5 Å². The van der Waals surface area contributed by atoms with E-state index in [1.165, 1.54) is 31.2 Å². The van der Waals surface area contributed by atoms with Crippen molar-refractivity contribution in [2.75, 3.05) is 25.0 Å². The fourth-order valence-corrected chi connectivity index (χ4v) is 6.28. The van der Waals surface area contributed by atoms with Gasteiger partial charge in [0.15, 0.2) is 0 Å². The van der Waals surface area contributed by atoms with E-state index in [0.29, 0.717) is 10.8 Å². The zero-order valence-corrected chi connectivity index (χ0v) is 25.8. The number of carbonyl (C=O) groups is 2. The van der Waals surface area contributed by atoms with Gasteiger partial charge in [-0.1, -0.05) is 71.8 Å². The van der Waals surface area contributed by atoms with E-state index in [1.54, 1.807) is 36.4 Å². The summed E-state index contributed by atoms with van der Waals surface area (Å²) in [6.45, 7) is 1.49. The number of hydrogen-bond acceptors (Lipinski definition) is 5. The summed E-state index contributed by atoms with van der Waals surface area (Å²) in [4.78, 5) is 29.1. The highest BCUT2D eigenvalue weighted by Gasteiger charge is 2.34. The Labute approximate surface area is 257 Å². The highest BCUT2D eigenvalue weighted by atomic mass is 35.5. The largest absolute Gasteiger partial charge is 0.497 e. The van der Waals surface area contributed by atoms with Gasteiger partial charge in [0, 0.05) is 25.0 Å². The van der Waals surface area contributed by atoms with Gasteiger partial charge in [0.05, 0.1) is 17.7 Å². The predicted molar refractivity (Wildman–Crippen MR) is 169 cm³/mol. The molecule has 2 amide bonds. The van der Waals surface area contributed by atoms with Crippen LogP contribution in [-0.4, -0.2) is 51.9 Å². The van der Waals surface area contributed by atoms with Gasteiger partial charge in [-0.15, -0.1) is 0 Å². The Bertz CT molecular complexity index is 1650. The van der Waals surface area contributed by atoms with Crippen molar-refractivity contribution in [1.29, 1.82) is 0 Å². The maximum atomic E-state index is 14.3. The molecule has 0 fully saturated rings. The normalized spacial score (nSPS) is 11.8. The Morgan fingerprint density at radius 2 is 1.53 bits per heavy atom. The molecule has 224 valence electrons. The molecule has 0 saturated heterocycles. The highest BCUT2D eigenvalue weighted by Crippen LogP contribution is 2.27. The lowest BCUT2D eigenvalue weighted by Gasteiger charge is -2.33. The summed E-state index contributed by atoms with van der Waals surface area (Å²) < 4.78 is 34.3. The van der Waals surface area contributed by atoms with Crippen LogP contribution < -0.4 is 14.4 Å². The molecule has 0 radical (unpaired) electrons. The number of anilines is 1. The molecule has 0 heterocycles. The van der Waals surface area contributed by atoms with Gasteiger partial charge in [-0.25, -0.2) is 8.42 Å². The monoisotopic (exact) mass is 619 g/mol. The smallest absolute Gasteiger partial charge is 0.264 e. The Kier molecular flexibility index (Phi) is 10.4. The van der Waals surface area contributed by atoms with Crippen LogP contribution in [0.1, 0.15) is 16.7 Å². The number of rotatable bonds is 12. The fraction of sp³-hybridized carbons (Fsp3) is 0.212. The number of sulfonamides is 1. The molecule has 0 aliphatic rings. The van der Waals surface area contributed by atoms with Crippen molar-refractivity contribution in [3.05, 3.63) is 125 Å². The lowest BCUT2D eigenvalue weighted by molar-refractivity contribution is -0.139. The predicted octanol–water partition coefficient (Wildman–Crippen LogP) is 5.24. The summed E-state index contributed by atoms with van der Waals surface area (Å²) in [6.07, 6.45) is 0.240. The highest BCUT2D eigenvalue weighted by molar-refractivity contribution is 7.92. The molecule has 4 aromatic carbocycles. The summed E-state index contributed by atoms with van der Waals surface area (Å²) >= 11 is 6.11. The number of hydrogen-bond donors (Lipinski definition) is 1. The Balaban J connectivity index is 1.78. The van der Waals surface area contributed by atoms with Gasteiger partial charge in [-0.2, -0.15) is 0 Å². The molecule has 0 aromatic heterocycles. The van der Waals surface area contributed by atoms with Gasteiger partial charge < -0.3 is 15.0 Å². The number of carbonyl (C=O) groups excluding carboxylic acids is 2. The first kappa shape index (κ1) is 31.6. The van der Waals surface area contributed by atoms with E-state index in [-0.39, 0.29) is 29.5 Å². The second kappa shape index (κ2) is 14.2. The van der Waals surface area contributed by atoms with Crippen molar-refractivity contribution >= 4 is 39.1 Å². The van der Waals surface area contributed by atoms with Crippen molar-refractivity contribution in [3.8, 4) is 5.75 Å². The van der Waals surface area contributed by atoms with Crippen LogP contribution in [0.3, 0.4) is 0 Å². The standard InChI is InChI=1S/C33H34ClN3O5S/c1-24-8-7-11-26(20-24)22-36(31(33(39)35-2)21-25-9-5-4-6-10-25)32(38)23-37(28-14-12-27(34)13-15-28)43(40,41)30-18-16-29(42-3)17-19-30/h4-20,31H,21-23H2,1-3H3,(H,35,39)/t31-/m1/s1. The summed E-state index contributed by atoms with van der Waals surface area (Å²) in [6, 6.07) is 28.3. The minimum absolute atomic E-state index is 0.0200. The van der Waals surface area contributed by atoms with Crippen LogP contribution in [0.5, 0.6) is 5.75 Å². The van der Waals surface area contributed by atoms with Gasteiger partial charge in [0.2, 0.25) is 11.8 Å². The lowest BCUT2D eigenvalue weighted by atomic mass is 10.0. The van der Waals surface area contributed by atoms with Crippen molar-refractivity contribution < 1.29 is 22.7 Å². The molecule has 0 bridgehead atoms.